The zero-order chi connectivity index (χ0) is 16.5. The van der Waals surface area contributed by atoms with E-state index >= 15 is 0 Å². The molecule has 0 amide bonds. The summed E-state index contributed by atoms with van der Waals surface area (Å²) in [5.74, 6) is 2.46. The van der Waals surface area contributed by atoms with Crippen molar-refractivity contribution >= 4 is 17.3 Å². The summed E-state index contributed by atoms with van der Waals surface area (Å²) in [6.07, 6.45) is 11.4. The molecule has 0 spiro atoms. The number of hydrogen-bond acceptors (Lipinski definition) is 6. The van der Waals surface area contributed by atoms with E-state index in [1.165, 1.54) is 12.8 Å². The van der Waals surface area contributed by atoms with Crippen LogP contribution in [-0.2, 0) is 0 Å². The largest absolute Gasteiger partial charge is 0.356 e. The maximum atomic E-state index is 4.46. The van der Waals surface area contributed by atoms with Gasteiger partial charge in [0.1, 0.15) is 12.1 Å². The third-order valence-corrected chi connectivity index (χ3v) is 4.53. The number of piperidine rings is 1. The highest BCUT2D eigenvalue weighted by Gasteiger charge is 2.24. The second kappa shape index (κ2) is 5.99. The molecule has 2 aromatic heterocycles. The summed E-state index contributed by atoms with van der Waals surface area (Å²) >= 11 is 0. The van der Waals surface area contributed by atoms with E-state index in [2.05, 4.69) is 38.8 Å². The van der Waals surface area contributed by atoms with Crippen LogP contribution < -0.4 is 15.3 Å². The van der Waals surface area contributed by atoms with Gasteiger partial charge in [-0.1, -0.05) is 13.5 Å². The number of nitrogens with one attached hydrogen (secondary N) is 1. The van der Waals surface area contributed by atoms with E-state index in [9.17, 15) is 0 Å². The normalized spacial score (nSPS) is 21.0. The number of allylic oxidation sites excluding steroid dienone is 1. The lowest BCUT2D eigenvalue weighted by Gasteiger charge is -2.32. The van der Waals surface area contributed by atoms with Gasteiger partial charge in [0.2, 0.25) is 0 Å². The summed E-state index contributed by atoms with van der Waals surface area (Å²) in [7, 11) is 0. The minimum atomic E-state index is 0.701. The Morgan fingerprint density at radius 3 is 2.96 bits per heavy atom. The van der Waals surface area contributed by atoms with E-state index in [0.717, 1.165) is 36.1 Å². The minimum absolute atomic E-state index is 0.701. The summed E-state index contributed by atoms with van der Waals surface area (Å²) in [5.41, 5.74) is 4.98. The van der Waals surface area contributed by atoms with Crippen LogP contribution in [-0.4, -0.2) is 32.6 Å². The molecule has 0 saturated carbocycles. The number of hydrogen-bond donors (Lipinski definition) is 1. The van der Waals surface area contributed by atoms with Crippen molar-refractivity contribution in [1.82, 2.24) is 24.9 Å². The molecule has 1 saturated heterocycles. The van der Waals surface area contributed by atoms with Gasteiger partial charge in [0, 0.05) is 37.7 Å². The van der Waals surface area contributed by atoms with Crippen molar-refractivity contribution in [2.75, 3.05) is 23.0 Å². The molecule has 1 fully saturated rings. The second-order valence-electron chi connectivity index (χ2n) is 6.34. The Bertz CT molecular complexity index is 765. The molecule has 0 radical (unpaired) electrons. The van der Waals surface area contributed by atoms with E-state index in [0.29, 0.717) is 5.92 Å². The number of hydrazine groups is 1. The zero-order valence-electron chi connectivity index (χ0n) is 13.8. The number of aromatic nitrogens is 4. The van der Waals surface area contributed by atoms with Crippen molar-refractivity contribution in [2.45, 2.75) is 19.8 Å². The van der Waals surface area contributed by atoms with Crippen LogP contribution in [0.25, 0.3) is 5.70 Å². The summed E-state index contributed by atoms with van der Waals surface area (Å²) in [6.45, 7) is 8.56. The van der Waals surface area contributed by atoms with Crippen molar-refractivity contribution < 1.29 is 0 Å². The van der Waals surface area contributed by atoms with Crippen LogP contribution in [0, 0.1) is 5.92 Å². The Morgan fingerprint density at radius 1 is 1.29 bits per heavy atom. The van der Waals surface area contributed by atoms with Crippen molar-refractivity contribution in [1.29, 1.82) is 0 Å². The molecule has 4 heterocycles. The third kappa shape index (κ3) is 2.62. The lowest BCUT2D eigenvalue weighted by Crippen LogP contribution is -2.35. The van der Waals surface area contributed by atoms with Crippen molar-refractivity contribution in [2.24, 2.45) is 5.92 Å². The fourth-order valence-electron chi connectivity index (χ4n) is 3.26. The fourth-order valence-corrected chi connectivity index (χ4v) is 3.26. The Balaban J connectivity index is 1.55. The molecule has 0 aliphatic carbocycles. The molecular formula is C17H21N7. The molecule has 24 heavy (non-hydrogen) atoms. The molecule has 2 aromatic rings. The number of imidazole rings is 1. The molecule has 2 aliphatic rings. The molecular weight excluding hydrogens is 302 g/mol. The van der Waals surface area contributed by atoms with Gasteiger partial charge in [-0.25, -0.2) is 20.0 Å². The average Bonchev–Trinajstić information content (AvgIpc) is 3.24. The summed E-state index contributed by atoms with van der Waals surface area (Å²) in [5, 5.41) is 1.87. The Morgan fingerprint density at radius 2 is 2.17 bits per heavy atom. The van der Waals surface area contributed by atoms with Gasteiger partial charge >= 0.3 is 0 Å². The molecule has 7 heteroatoms. The van der Waals surface area contributed by atoms with Gasteiger partial charge in [0.25, 0.3) is 0 Å². The Kier molecular flexibility index (Phi) is 3.68. The third-order valence-electron chi connectivity index (χ3n) is 4.53. The Labute approximate surface area is 141 Å². The van der Waals surface area contributed by atoms with Crippen LogP contribution in [0.3, 0.4) is 0 Å². The molecule has 1 atom stereocenters. The van der Waals surface area contributed by atoms with E-state index < -0.39 is 0 Å². The highest BCUT2D eigenvalue weighted by atomic mass is 15.6. The molecule has 2 aliphatic heterocycles. The van der Waals surface area contributed by atoms with Gasteiger partial charge in [-0.2, -0.15) is 0 Å². The quantitative estimate of drug-likeness (QED) is 0.935. The van der Waals surface area contributed by atoms with E-state index in [1.807, 2.05) is 28.0 Å². The lowest BCUT2D eigenvalue weighted by atomic mass is 10.0. The van der Waals surface area contributed by atoms with Gasteiger partial charge in [0.15, 0.2) is 5.82 Å². The van der Waals surface area contributed by atoms with Gasteiger partial charge in [-0.15, -0.1) is 0 Å². The van der Waals surface area contributed by atoms with E-state index in [4.69, 9.17) is 0 Å². The molecule has 0 bridgehead atoms. The first kappa shape index (κ1) is 14.7. The summed E-state index contributed by atoms with van der Waals surface area (Å²) < 4.78 is 1.92. The lowest BCUT2D eigenvalue weighted by molar-refractivity contribution is 0.444. The van der Waals surface area contributed by atoms with Gasteiger partial charge in [-0.3, -0.25) is 5.43 Å². The number of rotatable bonds is 3. The second-order valence-corrected chi connectivity index (χ2v) is 6.34. The molecule has 4 rings (SSSR count). The maximum Gasteiger partial charge on any atom is 0.157 e. The van der Waals surface area contributed by atoms with Crippen LogP contribution in [0.1, 0.15) is 19.8 Å². The molecule has 124 valence electrons. The highest BCUT2D eigenvalue weighted by molar-refractivity contribution is 5.74. The molecule has 1 N–H and O–H groups in total. The van der Waals surface area contributed by atoms with Gasteiger partial charge in [-0.05, 0) is 18.8 Å². The average molecular weight is 323 g/mol. The monoisotopic (exact) mass is 323 g/mol. The highest BCUT2D eigenvalue weighted by Crippen LogP contribution is 2.29. The van der Waals surface area contributed by atoms with Crippen molar-refractivity contribution in [3.8, 4) is 0 Å². The van der Waals surface area contributed by atoms with Crippen LogP contribution in [0.15, 0.2) is 49.6 Å². The van der Waals surface area contributed by atoms with Crippen LogP contribution in [0.2, 0.25) is 0 Å². The zero-order valence-corrected chi connectivity index (χ0v) is 13.8. The number of anilines is 2. The van der Waals surface area contributed by atoms with Crippen molar-refractivity contribution in [3.05, 3.63) is 49.6 Å². The van der Waals surface area contributed by atoms with Gasteiger partial charge < -0.3 is 9.47 Å². The van der Waals surface area contributed by atoms with Crippen molar-refractivity contribution in [3.63, 3.8) is 0 Å². The first-order valence-electron chi connectivity index (χ1n) is 8.23. The molecule has 7 nitrogen and oxygen atoms in total. The SMILES string of the molecule is C=C1C(n2ccnc2)=CNN1c1cc(N2CCCC(C)C2)ncn1. The van der Waals surface area contributed by atoms with Crippen LogP contribution in [0.4, 0.5) is 11.6 Å². The maximum absolute atomic E-state index is 4.46. The smallest absolute Gasteiger partial charge is 0.157 e. The summed E-state index contributed by atoms with van der Waals surface area (Å²) in [4.78, 5) is 15.3. The number of nitrogens with zero attached hydrogens (tertiary/aromatic N) is 6. The predicted molar refractivity (Wildman–Crippen MR) is 93.9 cm³/mol. The van der Waals surface area contributed by atoms with Crippen LogP contribution in [0.5, 0.6) is 0 Å². The topological polar surface area (TPSA) is 62.1 Å². The minimum Gasteiger partial charge on any atom is -0.356 e. The Hall–Kier alpha value is -2.83. The van der Waals surface area contributed by atoms with E-state index in [-0.39, 0.29) is 0 Å². The van der Waals surface area contributed by atoms with Gasteiger partial charge in [0.05, 0.1) is 17.7 Å². The predicted octanol–water partition coefficient (Wildman–Crippen LogP) is 2.25. The van der Waals surface area contributed by atoms with Crippen LogP contribution >= 0.6 is 0 Å². The molecule has 0 aromatic carbocycles. The standard InChI is InChI=1S/C17H21N7/c1-13-4-3-6-22(10-13)16-8-17(20-11-19-16)24-14(2)15(9-21-24)23-7-5-18-12-23/h5,7-9,11-13,21H,2-4,6,10H2,1H3. The summed E-state index contributed by atoms with van der Waals surface area (Å²) in [6, 6.07) is 2.01. The fraction of sp³-hybridized carbons (Fsp3) is 0.353. The van der Waals surface area contributed by atoms with E-state index in [1.54, 1.807) is 18.9 Å². The first-order chi connectivity index (χ1) is 11.7. The molecule has 1 unspecified atom stereocenters. The first-order valence-corrected chi connectivity index (χ1v) is 8.23.